The average Bonchev–Trinajstić information content (AvgIpc) is 2.75. The van der Waals surface area contributed by atoms with Crippen LogP contribution in [0.5, 0.6) is 0 Å². The first-order valence-electron chi connectivity index (χ1n) is 6.81. The number of fused-ring (bicyclic) bond motifs is 1. The number of Topliss-reactive ketones (excluding diaryl/α,β-unsaturated/α-hetero) is 1. The van der Waals surface area contributed by atoms with Gasteiger partial charge in [-0.15, -0.1) is 0 Å². The maximum Gasteiger partial charge on any atom is 0.228 e. The summed E-state index contributed by atoms with van der Waals surface area (Å²) in [6, 6.07) is 15.0. The summed E-state index contributed by atoms with van der Waals surface area (Å²) in [5.74, 6) is -0.270. The Labute approximate surface area is 123 Å². The molecule has 0 saturated carbocycles. The molecule has 0 N–H and O–H groups in total. The van der Waals surface area contributed by atoms with Crippen LogP contribution in [0.4, 0.5) is 5.69 Å². The van der Waals surface area contributed by atoms with Gasteiger partial charge in [-0.2, -0.15) is 0 Å². The fourth-order valence-electron chi connectivity index (χ4n) is 2.52. The first kappa shape index (κ1) is 13.3. The van der Waals surface area contributed by atoms with Crippen LogP contribution in [0.2, 0.25) is 0 Å². The molecule has 1 amide bonds. The highest BCUT2D eigenvalue weighted by Crippen LogP contribution is 2.35. The average molecular weight is 277 g/mol. The van der Waals surface area contributed by atoms with Crippen LogP contribution in [-0.2, 0) is 4.79 Å². The van der Waals surface area contributed by atoms with Crippen molar-refractivity contribution in [3.63, 3.8) is 0 Å². The van der Waals surface area contributed by atoms with E-state index in [0.717, 1.165) is 11.1 Å². The van der Waals surface area contributed by atoms with E-state index in [0.29, 0.717) is 16.9 Å². The molecule has 0 atom stereocenters. The SMILES string of the molecule is CC(=O)N1/C(=C/c2ccc(C)cc2)C(=O)c2ccccc21. The second-order valence-corrected chi connectivity index (χ2v) is 5.14. The summed E-state index contributed by atoms with van der Waals surface area (Å²) >= 11 is 0. The molecular weight excluding hydrogens is 262 g/mol. The molecule has 1 heterocycles. The maximum absolute atomic E-state index is 12.5. The van der Waals surface area contributed by atoms with Gasteiger partial charge in [0.05, 0.1) is 11.4 Å². The third-order valence-corrected chi connectivity index (χ3v) is 3.56. The molecule has 0 aromatic heterocycles. The van der Waals surface area contributed by atoms with E-state index in [-0.39, 0.29) is 11.7 Å². The second-order valence-electron chi connectivity index (χ2n) is 5.14. The summed E-state index contributed by atoms with van der Waals surface area (Å²) in [5.41, 5.74) is 3.71. The van der Waals surface area contributed by atoms with Gasteiger partial charge in [-0.1, -0.05) is 42.0 Å². The van der Waals surface area contributed by atoms with E-state index in [1.54, 1.807) is 18.2 Å². The summed E-state index contributed by atoms with van der Waals surface area (Å²) in [6.45, 7) is 3.48. The van der Waals surface area contributed by atoms with Gasteiger partial charge in [0.2, 0.25) is 11.7 Å². The number of aryl methyl sites for hydroxylation is 1. The van der Waals surface area contributed by atoms with Crippen LogP contribution in [0.1, 0.15) is 28.4 Å². The lowest BCUT2D eigenvalue weighted by Gasteiger charge is -2.15. The number of amides is 1. The first-order valence-corrected chi connectivity index (χ1v) is 6.81. The number of ketones is 1. The lowest BCUT2D eigenvalue weighted by atomic mass is 10.1. The predicted octanol–water partition coefficient (Wildman–Crippen LogP) is 3.59. The van der Waals surface area contributed by atoms with Crippen molar-refractivity contribution in [1.82, 2.24) is 0 Å². The molecule has 3 rings (SSSR count). The van der Waals surface area contributed by atoms with Crippen LogP contribution in [-0.4, -0.2) is 11.7 Å². The number of hydrogen-bond acceptors (Lipinski definition) is 2. The first-order chi connectivity index (χ1) is 10.1. The Morgan fingerprint density at radius 1 is 1.05 bits per heavy atom. The minimum Gasteiger partial charge on any atom is -0.287 e. The molecule has 0 unspecified atom stereocenters. The zero-order valence-corrected chi connectivity index (χ0v) is 12.0. The smallest absolute Gasteiger partial charge is 0.228 e. The maximum atomic E-state index is 12.5. The number of nitrogens with zero attached hydrogens (tertiary/aromatic N) is 1. The van der Waals surface area contributed by atoms with Gasteiger partial charge in [-0.05, 0) is 30.7 Å². The van der Waals surface area contributed by atoms with Crippen molar-refractivity contribution in [2.45, 2.75) is 13.8 Å². The molecule has 2 aromatic carbocycles. The molecule has 0 saturated heterocycles. The summed E-state index contributed by atoms with van der Waals surface area (Å²) in [5, 5.41) is 0. The Morgan fingerprint density at radius 2 is 1.71 bits per heavy atom. The molecule has 2 aromatic rings. The number of carbonyl (C=O) groups excluding carboxylic acids is 2. The number of benzene rings is 2. The molecule has 3 nitrogen and oxygen atoms in total. The zero-order valence-electron chi connectivity index (χ0n) is 12.0. The molecule has 21 heavy (non-hydrogen) atoms. The van der Waals surface area contributed by atoms with Gasteiger partial charge in [-0.25, -0.2) is 0 Å². The zero-order chi connectivity index (χ0) is 15.0. The quantitative estimate of drug-likeness (QED) is 0.747. The van der Waals surface area contributed by atoms with Crippen LogP contribution < -0.4 is 4.90 Å². The molecular formula is C18H15NO2. The van der Waals surface area contributed by atoms with Gasteiger partial charge in [0.1, 0.15) is 0 Å². The van der Waals surface area contributed by atoms with Crippen molar-refractivity contribution in [2.75, 3.05) is 4.90 Å². The van der Waals surface area contributed by atoms with Gasteiger partial charge in [0.25, 0.3) is 0 Å². The molecule has 0 fully saturated rings. The van der Waals surface area contributed by atoms with Crippen LogP contribution >= 0.6 is 0 Å². The van der Waals surface area contributed by atoms with Crippen molar-refractivity contribution >= 4 is 23.5 Å². The number of carbonyl (C=O) groups is 2. The second kappa shape index (κ2) is 5.02. The minimum atomic E-state index is -0.160. The Balaban J connectivity index is 2.12. The number of para-hydroxylation sites is 1. The fourth-order valence-corrected chi connectivity index (χ4v) is 2.52. The van der Waals surface area contributed by atoms with Crippen molar-refractivity contribution in [1.29, 1.82) is 0 Å². The minimum absolute atomic E-state index is 0.110. The monoisotopic (exact) mass is 277 g/mol. The molecule has 0 radical (unpaired) electrons. The Hall–Kier alpha value is -2.68. The van der Waals surface area contributed by atoms with E-state index in [1.807, 2.05) is 43.3 Å². The third kappa shape index (κ3) is 2.27. The largest absolute Gasteiger partial charge is 0.287 e. The fraction of sp³-hybridized carbons (Fsp3) is 0.111. The number of rotatable bonds is 1. The topological polar surface area (TPSA) is 37.4 Å². The number of allylic oxidation sites excluding steroid dienone is 1. The molecule has 0 bridgehead atoms. The van der Waals surface area contributed by atoms with E-state index < -0.39 is 0 Å². The Bertz CT molecular complexity index is 757. The van der Waals surface area contributed by atoms with Gasteiger partial charge < -0.3 is 0 Å². The predicted molar refractivity (Wildman–Crippen MR) is 83.1 cm³/mol. The van der Waals surface area contributed by atoms with Crippen molar-refractivity contribution in [2.24, 2.45) is 0 Å². The van der Waals surface area contributed by atoms with Gasteiger partial charge >= 0.3 is 0 Å². The van der Waals surface area contributed by atoms with Crippen LogP contribution in [0.15, 0.2) is 54.2 Å². The number of anilines is 1. The van der Waals surface area contributed by atoms with E-state index in [1.165, 1.54) is 11.8 Å². The van der Waals surface area contributed by atoms with Gasteiger partial charge in [0.15, 0.2) is 0 Å². The number of hydrogen-bond donors (Lipinski definition) is 0. The Morgan fingerprint density at radius 3 is 2.38 bits per heavy atom. The van der Waals surface area contributed by atoms with Crippen LogP contribution in [0.3, 0.4) is 0 Å². The standard InChI is InChI=1S/C18H15NO2/c1-12-7-9-14(10-8-12)11-17-18(21)15-5-3-4-6-16(15)19(17)13(2)20/h3-11H,1-2H3/b17-11+. The lowest BCUT2D eigenvalue weighted by Crippen LogP contribution is -2.25. The summed E-state index contributed by atoms with van der Waals surface area (Å²) in [4.78, 5) is 25.9. The van der Waals surface area contributed by atoms with E-state index >= 15 is 0 Å². The summed E-state index contributed by atoms with van der Waals surface area (Å²) in [7, 11) is 0. The highest BCUT2D eigenvalue weighted by molar-refractivity contribution is 6.26. The van der Waals surface area contributed by atoms with Gasteiger partial charge in [-0.3, -0.25) is 14.5 Å². The van der Waals surface area contributed by atoms with Crippen molar-refractivity contribution < 1.29 is 9.59 Å². The summed E-state index contributed by atoms with van der Waals surface area (Å²) < 4.78 is 0. The molecule has 0 spiro atoms. The molecule has 3 heteroatoms. The van der Waals surface area contributed by atoms with Gasteiger partial charge in [0, 0.05) is 12.5 Å². The summed E-state index contributed by atoms with van der Waals surface area (Å²) in [6.07, 6.45) is 1.77. The third-order valence-electron chi connectivity index (χ3n) is 3.56. The lowest BCUT2D eigenvalue weighted by molar-refractivity contribution is -0.116. The Kier molecular flexibility index (Phi) is 3.18. The normalized spacial score (nSPS) is 15.4. The molecule has 0 aliphatic carbocycles. The van der Waals surface area contributed by atoms with Crippen LogP contribution in [0, 0.1) is 6.92 Å². The molecule has 1 aliphatic heterocycles. The van der Waals surface area contributed by atoms with E-state index in [9.17, 15) is 9.59 Å². The molecule has 104 valence electrons. The van der Waals surface area contributed by atoms with Crippen LogP contribution in [0.25, 0.3) is 6.08 Å². The van der Waals surface area contributed by atoms with E-state index in [2.05, 4.69) is 0 Å². The van der Waals surface area contributed by atoms with Crippen molar-refractivity contribution in [3.05, 3.63) is 70.9 Å². The van der Waals surface area contributed by atoms with E-state index in [4.69, 9.17) is 0 Å². The highest BCUT2D eigenvalue weighted by Gasteiger charge is 2.34. The molecule has 1 aliphatic rings. The van der Waals surface area contributed by atoms with Crippen molar-refractivity contribution in [3.8, 4) is 0 Å². The highest BCUT2D eigenvalue weighted by atomic mass is 16.2.